The van der Waals surface area contributed by atoms with Gasteiger partial charge in [-0.1, -0.05) is 54.1 Å². The zero-order valence-electron chi connectivity index (χ0n) is 13.6. The Balaban J connectivity index is 1.81. The van der Waals surface area contributed by atoms with Gasteiger partial charge in [0.1, 0.15) is 5.60 Å². The Morgan fingerprint density at radius 3 is 2.52 bits per heavy atom. The summed E-state index contributed by atoms with van der Waals surface area (Å²) in [6.07, 6.45) is 7.00. The van der Waals surface area contributed by atoms with Crippen molar-refractivity contribution in [3.63, 3.8) is 0 Å². The van der Waals surface area contributed by atoms with Crippen LogP contribution in [0.1, 0.15) is 23.1 Å². The number of nitrogens with zero attached hydrogens (tertiary/aromatic N) is 3. The molecule has 1 aliphatic carbocycles. The van der Waals surface area contributed by atoms with Crippen LogP contribution in [0.3, 0.4) is 0 Å². The lowest BCUT2D eigenvalue weighted by Crippen LogP contribution is -2.38. The molecule has 126 valence electrons. The molecule has 4 rings (SSSR count). The molecule has 1 heterocycles. The molecule has 2 aromatic carbocycles. The van der Waals surface area contributed by atoms with Crippen LogP contribution in [-0.4, -0.2) is 20.1 Å². The van der Waals surface area contributed by atoms with Crippen LogP contribution in [0.15, 0.2) is 66.5 Å². The second kappa shape index (κ2) is 6.47. The summed E-state index contributed by atoms with van der Waals surface area (Å²) in [5, 5.41) is 20.7. The lowest BCUT2D eigenvalue weighted by atomic mass is 9.74. The summed E-state index contributed by atoms with van der Waals surface area (Å²) in [5.41, 5.74) is 2.95. The quantitative estimate of drug-likeness (QED) is 0.779. The van der Waals surface area contributed by atoms with Gasteiger partial charge in [0.05, 0.1) is 18.9 Å². The summed E-state index contributed by atoms with van der Waals surface area (Å²) in [5.74, 6) is 0. The van der Waals surface area contributed by atoms with E-state index in [9.17, 15) is 5.11 Å². The Morgan fingerprint density at radius 2 is 1.76 bits per heavy atom. The molecule has 1 aliphatic rings. The van der Waals surface area contributed by atoms with Crippen LogP contribution in [0.25, 0.3) is 6.08 Å². The van der Waals surface area contributed by atoms with Gasteiger partial charge in [-0.15, -0.1) is 0 Å². The topological polar surface area (TPSA) is 50.9 Å². The summed E-state index contributed by atoms with van der Waals surface area (Å²) in [6.45, 7) is 0.288. The molecule has 5 heteroatoms. The molecule has 3 aromatic rings. The van der Waals surface area contributed by atoms with Crippen LogP contribution in [-0.2, 0) is 18.6 Å². The predicted molar refractivity (Wildman–Crippen MR) is 98.1 cm³/mol. The van der Waals surface area contributed by atoms with E-state index in [4.69, 9.17) is 11.6 Å². The molecule has 0 aliphatic heterocycles. The number of hydrogen-bond donors (Lipinski definition) is 1. The maximum atomic E-state index is 11.7. The molecule has 0 saturated heterocycles. The number of fused-ring (bicyclic) bond motifs is 1. The molecular formula is C20H18ClN3O. The third-order valence-corrected chi connectivity index (χ3v) is 4.96. The highest BCUT2D eigenvalue weighted by Crippen LogP contribution is 2.41. The van der Waals surface area contributed by atoms with Crippen LogP contribution in [0, 0.1) is 0 Å². The van der Waals surface area contributed by atoms with E-state index in [1.165, 1.54) is 10.4 Å². The van der Waals surface area contributed by atoms with Gasteiger partial charge in [-0.05, 0) is 47.2 Å². The Morgan fingerprint density at radius 1 is 1.04 bits per heavy atom. The highest BCUT2D eigenvalue weighted by atomic mass is 35.5. The van der Waals surface area contributed by atoms with E-state index in [2.05, 4.69) is 22.3 Å². The number of aromatic nitrogens is 3. The Hall–Kier alpha value is -2.43. The second-order valence-electron chi connectivity index (χ2n) is 6.30. The van der Waals surface area contributed by atoms with Gasteiger partial charge < -0.3 is 5.11 Å². The van der Waals surface area contributed by atoms with E-state index in [0.717, 1.165) is 29.5 Å². The van der Waals surface area contributed by atoms with Gasteiger partial charge in [0.15, 0.2) is 0 Å². The molecule has 0 amide bonds. The number of aryl methyl sites for hydroxylation is 1. The fourth-order valence-corrected chi connectivity index (χ4v) is 3.59. The molecule has 0 unspecified atom stereocenters. The van der Waals surface area contributed by atoms with E-state index in [1.54, 1.807) is 12.4 Å². The molecule has 1 aromatic heterocycles. The van der Waals surface area contributed by atoms with Gasteiger partial charge in [0.25, 0.3) is 0 Å². The lowest BCUT2D eigenvalue weighted by Gasteiger charge is -2.36. The zero-order chi connectivity index (χ0) is 17.3. The average molecular weight is 352 g/mol. The van der Waals surface area contributed by atoms with Gasteiger partial charge in [-0.2, -0.15) is 15.0 Å². The maximum Gasteiger partial charge on any atom is 0.132 e. The second-order valence-corrected chi connectivity index (χ2v) is 6.73. The van der Waals surface area contributed by atoms with E-state index < -0.39 is 5.60 Å². The Labute approximate surface area is 151 Å². The van der Waals surface area contributed by atoms with Gasteiger partial charge in [0.2, 0.25) is 0 Å². The smallest absolute Gasteiger partial charge is 0.132 e. The van der Waals surface area contributed by atoms with Crippen molar-refractivity contribution < 1.29 is 5.11 Å². The number of halogens is 1. The molecule has 1 N–H and O–H groups in total. The zero-order valence-corrected chi connectivity index (χ0v) is 14.4. The predicted octanol–water partition coefficient (Wildman–Crippen LogP) is 3.85. The Kier molecular flexibility index (Phi) is 4.15. The minimum Gasteiger partial charge on any atom is -0.379 e. The van der Waals surface area contributed by atoms with Crippen molar-refractivity contribution in [2.24, 2.45) is 0 Å². The Bertz CT molecular complexity index is 903. The first-order valence-electron chi connectivity index (χ1n) is 8.27. The molecule has 0 spiro atoms. The minimum absolute atomic E-state index is 0.288. The van der Waals surface area contributed by atoms with Crippen LogP contribution >= 0.6 is 11.6 Å². The van der Waals surface area contributed by atoms with Crippen LogP contribution < -0.4 is 0 Å². The van der Waals surface area contributed by atoms with Crippen molar-refractivity contribution in [2.75, 3.05) is 0 Å². The van der Waals surface area contributed by atoms with Crippen LogP contribution in [0.5, 0.6) is 0 Å². The van der Waals surface area contributed by atoms with Crippen molar-refractivity contribution >= 4 is 17.7 Å². The SMILES string of the molecule is O[C@]1(Cn2nccn2)/C(=C\c2ccc(Cl)cc2)CCc2ccccc21. The first-order chi connectivity index (χ1) is 12.1. The van der Waals surface area contributed by atoms with Crippen molar-refractivity contribution in [2.45, 2.75) is 25.0 Å². The maximum absolute atomic E-state index is 11.7. The van der Waals surface area contributed by atoms with Crippen LogP contribution in [0.4, 0.5) is 0 Å². The fraction of sp³-hybridized carbons (Fsp3) is 0.200. The molecule has 25 heavy (non-hydrogen) atoms. The third-order valence-electron chi connectivity index (χ3n) is 4.71. The number of rotatable bonds is 3. The highest BCUT2D eigenvalue weighted by molar-refractivity contribution is 6.30. The van der Waals surface area contributed by atoms with E-state index in [0.29, 0.717) is 5.02 Å². The largest absolute Gasteiger partial charge is 0.379 e. The van der Waals surface area contributed by atoms with E-state index >= 15 is 0 Å². The van der Waals surface area contributed by atoms with Gasteiger partial charge in [-0.3, -0.25) is 0 Å². The first-order valence-corrected chi connectivity index (χ1v) is 8.64. The third kappa shape index (κ3) is 3.11. The lowest BCUT2D eigenvalue weighted by molar-refractivity contribution is 0.0413. The highest BCUT2D eigenvalue weighted by Gasteiger charge is 2.39. The average Bonchev–Trinajstić information content (AvgIpc) is 3.12. The molecule has 1 atom stereocenters. The number of hydrogen-bond acceptors (Lipinski definition) is 3. The van der Waals surface area contributed by atoms with Gasteiger partial charge in [0, 0.05) is 5.02 Å². The fourth-order valence-electron chi connectivity index (χ4n) is 3.46. The van der Waals surface area contributed by atoms with E-state index in [-0.39, 0.29) is 6.54 Å². The van der Waals surface area contributed by atoms with Crippen molar-refractivity contribution in [3.05, 3.63) is 88.2 Å². The molecule has 0 saturated carbocycles. The summed E-state index contributed by atoms with van der Waals surface area (Å²) in [4.78, 5) is 1.54. The summed E-state index contributed by atoms with van der Waals surface area (Å²) >= 11 is 5.98. The molecule has 4 nitrogen and oxygen atoms in total. The van der Waals surface area contributed by atoms with Crippen molar-refractivity contribution in [1.82, 2.24) is 15.0 Å². The summed E-state index contributed by atoms with van der Waals surface area (Å²) in [6, 6.07) is 15.7. The first kappa shape index (κ1) is 16.1. The van der Waals surface area contributed by atoms with Gasteiger partial charge in [-0.25, -0.2) is 0 Å². The van der Waals surface area contributed by atoms with Crippen molar-refractivity contribution in [3.8, 4) is 0 Å². The summed E-state index contributed by atoms with van der Waals surface area (Å²) in [7, 11) is 0. The van der Waals surface area contributed by atoms with Crippen molar-refractivity contribution in [1.29, 1.82) is 0 Å². The minimum atomic E-state index is -1.13. The number of aliphatic hydroxyl groups is 1. The standard InChI is InChI=1S/C20H18ClN3O/c21-18-9-5-15(6-10-18)13-17-8-7-16-3-1-2-4-19(16)20(17,25)14-24-22-11-12-23-24/h1-6,9-13,25H,7-8,14H2/b17-13-/t20-/m1/s1. The molecule has 0 fully saturated rings. The normalized spacial score (nSPS) is 21.3. The molecular weight excluding hydrogens is 334 g/mol. The number of benzene rings is 2. The van der Waals surface area contributed by atoms with E-state index in [1.807, 2.05) is 42.5 Å². The molecule has 0 radical (unpaired) electrons. The monoisotopic (exact) mass is 351 g/mol. The van der Waals surface area contributed by atoms with Crippen LogP contribution in [0.2, 0.25) is 5.02 Å². The molecule has 0 bridgehead atoms. The summed E-state index contributed by atoms with van der Waals surface area (Å²) < 4.78 is 0. The van der Waals surface area contributed by atoms with Gasteiger partial charge >= 0.3 is 0 Å².